The zero-order chi connectivity index (χ0) is 19.8. The second-order valence-electron chi connectivity index (χ2n) is 5.50. The molecule has 0 radical (unpaired) electrons. The molecular weight excluding hydrogens is 348 g/mol. The summed E-state index contributed by atoms with van der Waals surface area (Å²) in [6, 6.07) is 10.6. The van der Waals surface area contributed by atoms with Crippen molar-refractivity contribution >= 4 is 11.6 Å². The highest BCUT2D eigenvalue weighted by Crippen LogP contribution is 2.38. The van der Waals surface area contributed by atoms with Crippen molar-refractivity contribution in [2.45, 2.75) is 13.3 Å². The van der Waals surface area contributed by atoms with Crippen LogP contribution in [-0.2, 0) is 0 Å². The number of carbonyl (C=O) groups excluding carboxylic acids is 1. The topological polar surface area (TPSA) is 78.4 Å². The van der Waals surface area contributed by atoms with E-state index in [1.165, 1.54) is 21.3 Å². The largest absolute Gasteiger partial charge is 0.497 e. The van der Waals surface area contributed by atoms with Crippen molar-refractivity contribution in [3.63, 3.8) is 0 Å². The summed E-state index contributed by atoms with van der Waals surface area (Å²) < 4.78 is 21.0. The normalized spacial score (nSPS) is 10.9. The number of hydrogen-bond acceptors (Lipinski definition) is 6. The fourth-order valence-electron chi connectivity index (χ4n) is 2.53. The molecule has 0 saturated heterocycles. The first-order valence-electron chi connectivity index (χ1n) is 8.39. The monoisotopic (exact) mass is 372 g/mol. The van der Waals surface area contributed by atoms with E-state index in [2.05, 4.69) is 10.5 Å². The van der Waals surface area contributed by atoms with Gasteiger partial charge in [-0.1, -0.05) is 6.92 Å². The molecule has 0 bridgehead atoms. The summed E-state index contributed by atoms with van der Waals surface area (Å²) >= 11 is 0. The Balaban J connectivity index is 2.25. The molecule has 0 atom stereocenters. The molecule has 0 saturated carbocycles. The van der Waals surface area contributed by atoms with Crippen molar-refractivity contribution in [3.05, 3.63) is 47.5 Å². The maximum absolute atomic E-state index is 12.5. The van der Waals surface area contributed by atoms with Crippen molar-refractivity contribution in [3.8, 4) is 23.0 Å². The number of nitrogens with zero attached hydrogens (tertiary/aromatic N) is 1. The Bertz CT molecular complexity index is 791. The summed E-state index contributed by atoms with van der Waals surface area (Å²) in [7, 11) is 6.11. The van der Waals surface area contributed by atoms with Crippen LogP contribution in [0.1, 0.15) is 29.3 Å². The zero-order valence-corrected chi connectivity index (χ0v) is 16.2. The van der Waals surface area contributed by atoms with Gasteiger partial charge >= 0.3 is 0 Å². The van der Waals surface area contributed by atoms with Gasteiger partial charge in [-0.25, -0.2) is 5.43 Å². The Morgan fingerprint density at radius 3 is 1.93 bits per heavy atom. The molecule has 2 rings (SSSR count). The van der Waals surface area contributed by atoms with E-state index in [9.17, 15) is 4.79 Å². The lowest BCUT2D eigenvalue weighted by Crippen LogP contribution is -2.20. The molecule has 2 aromatic rings. The molecule has 0 aliphatic carbocycles. The van der Waals surface area contributed by atoms with Gasteiger partial charge in [-0.15, -0.1) is 0 Å². The molecular formula is C20H24N2O5. The lowest BCUT2D eigenvalue weighted by Gasteiger charge is -2.13. The van der Waals surface area contributed by atoms with E-state index < -0.39 is 0 Å². The molecule has 0 aromatic heterocycles. The van der Waals surface area contributed by atoms with Crippen LogP contribution in [0, 0.1) is 0 Å². The van der Waals surface area contributed by atoms with E-state index in [1.807, 2.05) is 31.2 Å². The van der Waals surface area contributed by atoms with Crippen LogP contribution >= 0.6 is 0 Å². The number of benzene rings is 2. The molecule has 1 N–H and O–H groups in total. The average molecular weight is 372 g/mol. The molecule has 0 unspecified atom stereocenters. The second kappa shape index (κ2) is 9.47. The SMILES string of the molecule is CC/C(=N\NC(=O)c1cc(OC)c(OC)c(OC)c1)c1ccc(OC)cc1. The second-order valence-corrected chi connectivity index (χ2v) is 5.50. The van der Waals surface area contributed by atoms with Gasteiger partial charge in [0.2, 0.25) is 5.75 Å². The first-order valence-corrected chi connectivity index (χ1v) is 8.39. The number of ether oxygens (including phenoxy) is 4. The van der Waals surface area contributed by atoms with Gasteiger partial charge in [0.15, 0.2) is 11.5 Å². The Kier molecular flexibility index (Phi) is 7.05. The highest BCUT2D eigenvalue weighted by Gasteiger charge is 2.17. The third-order valence-electron chi connectivity index (χ3n) is 3.98. The molecule has 0 aliphatic heterocycles. The number of rotatable bonds is 8. The fraction of sp³-hybridized carbons (Fsp3) is 0.300. The molecule has 0 heterocycles. The van der Waals surface area contributed by atoms with Crippen LogP contribution in [0.2, 0.25) is 0 Å². The Hall–Kier alpha value is -3.22. The predicted molar refractivity (Wildman–Crippen MR) is 103 cm³/mol. The lowest BCUT2D eigenvalue weighted by atomic mass is 10.1. The van der Waals surface area contributed by atoms with E-state index in [-0.39, 0.29) is 5.91 Å². The van der Waals surface area contributed by atoms with Gasteiger partial charge in [-0.2, -0.15) is 5.10 Å². The highest BCUT2D eigenvalue weighted by atomic mass is 16.5. The van der Waals surface area contributed by atoms with Crippen LogP contribution in [0.25, 0.3) is 0 Å². The molecule has 27 heavy (non-hydrogen) atoms. The van der Waals surface area contributed by atoms with Crippen molar-refractivity contribution < 1.29 is 23.7 Å². The first kappa shape index (κ1) is 20.1. The summed E-state index contributed by atoms with van der Waals surface area (Å²) in [6.45, 7) is 1.97. The minimum Gasteiger partial charge on any atom is -0.497 e. The number of carbonyl (C=O) groups is 1. The van der Waals surface area contributed by atoms with Crippen molar-refractivity contribution in [2.24, 2.45) is 5.10 Å². The average Bonchev–Trinajstić information content (AvgIpc) is 2.73. The molecule has 2 aromatic carbocycles. The van der Waals surface area contributed by atoms with E-state index in [1.54, 1.807) is 19.2 Å². The number of nitrogens with one attached hydrogen (secondary N) is 1. The molecule has 1 amide bonds. The van der Waals surface area contributed by atoms with Crippen LogP contribution in [0.15, 0.2) is 41.5 Å². The maximum atomic E-state index is 12.5. The first-order chi connectivity index (χ1) is 13.1. The summed E-state index contributed by atoms with van der Waals surface area (Å²) in [4.78, 5) is 12.5. The number of hydrazone groups is 1. The van der Waals surface area contributed by atoms with Crippen LogP contribution < -0.4 is 24.4 Å². The van der Waals surface area contributed by atoms with E-state index in [4.69, 9.17) is 18.9 Å². The Labute approximate surface area is 158 Å². The smallest absolute Gasteiger partial charge is 0.271 e. The zero-order valence-electron chi connectivity index (χ0n) is 16.2. The van der Waals surface area contributed by atoms with Gasteiger partial charge in [0.25, 0.3) is 5.91 Å². The van der Waals surface area contributed by atoms with Crippen LogP contribution in [0.5, 0.6) is 23.0 Å². The van der Waals surface area contributed by atoms with Crippen LogP contribution in [0.3, 0.4) is 0 Å². The highest BCUT2D eigenvalue weighted by molar-refractivity contribution is 6.02. The lowest BCUT2D eigenvalue weighted by molar-refractivity contribution is 0.0954. The molecule has 0 spiro atoms. The molecule has 144 valence electrons. The summed E-state index contributed by atoms with van der Waals surface area (Å²) in [5.74, 6) is 1.60. The van der Waals surface area contributed by atoms with Crippen molar-refractivity contribution in [1.82, 2.24) is 5.43 Å². The molecule has 7 heteroatoms. The van der Waals surface area contributed by atoms with Gasteiger partial charge < -0.3 is 18.9 Å². The number of methoxy groups -OCH3 is 4. The van der Waals surface area contributed by atoms with Gasteiger partial charge in [0.1, 0.15) is 5.75 Å². The Morgan fingerprint density at radius 1 is 0.889 bits per heavy atom. The predicted octanol–water partition coefficient (Wildman–Crippen LogP) is 3.27. The minimum absolute atomic E-state index is 0.346. The fourth-order valence-corrected chi connectivity index (χ4v) is 2.53. The van der Waals surface area contributed by atoms with Gasteiger partial charge in [0.05, 0.1) is 34.2 Å². The Morgan fingerprint density at radius 2 is 1.48 bits per heavy atom. The van der Waals surface area contributed by atoms with E-state index >= 15 is 0 Å². The van der Waals surface area contributed by atoms with Gasteiger partial charge in [-0.3, -0.25) is 4.79 Å². The maximum Gasteiger partial charge on any atom is 0.271 e. The van der Waals surface area contributed by atoms with Gasteiger partial charge in [0, 0.05) is 5.56 Å². The molecule has 0 aliphatic rings. The van der Waals surface area contributed by atoms with Gasteiger partial charge in [-0.05, 0) is 48.4 Å². The third kappa shape index (κ3) is 4.69. The standard InChI is InChI=1S/C20H24N2O5/c1-6-16(13-7-9-15(24-2)10-8-13)21-22-20(23)14-11-17(25-3)19(27-5)18(12-14)26-4/h7-12H,6H2,1-5H3,(H,22,23)/b21-16+. The third-order valence-corrected chi connectivity index (χ3v) is 3.98. The molecule has 0 fully saturated rings. The minimum atomic E-state index is -0.381. The molecule has 7 nitrogen and oxygen atoms in total. The number of amides is 1. The summed E-state index contributed by atoms with van der Waals surface area (Å²) in [5, 5.41) is 4.26. The summed E-state index contributed by atoms with van der Waals surface area (Å²) in [6.07, 6.45) is 0.655. The van der Waals surface area contributed by atoms with E-state index in [0.717, 1.165) is 17.0 Å². The van der Waals surface area contributed by atoms with Crippen molar-refractivity contribution in [2.75, 3.05) is 28.4 Å². The van der Waals surface area contributed by atoms with E-state index in [0.29, 0.717) is 29.2 Å². The quantitative estimate of drug-likeness (QED) is 0.568. The van der Waals surface area contributed by atoms with Crippen LogP contribution in [0.4, 0.5) is 0 Å². The van der Waals surface area contributed by atoms with Crippen molar-refractivity contribution in [1.29, 1.82) is 0 Å². The summed E-state index contributed by atoms with van der Waals surface area (Å²) in [5.41, 5.74) is 4.58. The van der Waals surface area contributed by atoms with Crippen LogP contribution in [-0.4, -0.2) is 40.1 Å². The number of hydrogen-bond donors (Lipinski definition) is 1.